The van der Waals surface area contributed by atoms with Gasteiger partial charge in [0.25, 0.3) is 0 Å². The number of rotatable bonds is 6. The van der Waals surface area contributed by atoms with Crippen LogP contribution in [0.15, 0.2) is 35.3 Å². The van der Waals surface area contributed by atoms with Crippen molar-refractivity contribution >= 4 is 36.0 Å². The van der Waals surface area contributed by atoms with Crippen LogP contribution in [0, 0.1) is 0 Å². The fourth-order valence-electron chi connectivity index (χ4n) is 3.60. The monoisotopic (exact) mass is 569 g/mol. The Labute approximate surface area is 213 Å². The van der Waals surface area contributed by atoms with Crippen molar-refractivity contribution in [2.24, 2.45) is 4.99 Å². The van der Waals surface area contributed by atoms with E-state index in [1.165, 1.54) is 0 Å². The van der Waals surface area contributed by atoms with Crippen LogP contribution in [0.3, 0.4) is 0 Å². The highest BCUT2D eigenvalue weighted by Crippen LogP contribution is 2.15. The number of amides is 1. The summed E-state index contributed by atoms with van der Waals surface area (Å²) in [5, 5.41) is 14.4. The average Bonchev–Trinajstić information content (AvgIpc) is 3.17. The zero-order valence-corrected chi connectivity index (χ0v) is 22.4. The fourth-order valence-corrected chi connectivity index (χ4v) is 3.60. The van der Waals surface area contributed by atoms with Gasteiger partial charge in [-0.15, -0.1) is 24.0 Å². The summed E-state index contributed by atoms with van der Waals surface area (Å²) < 4.78 is 7.44. The van der Waals surface area contributed by atoms with Crippen LogP contribution >= 0.6 is 24.0 Å². The van der Waals surface area contributed by atoms with Crippen LogP contribution in [0.1, 0.15) is 57.4 Å². The van der Waals surface area contributed by atoms with Crippen molar-refractivity contribution < 1.29 is 9.53 Å². The van der Waals surface area contributed by atoms with Gasteiger partial charge in [-0.2, -0.15) is 5.10 Å². The maximum absolute atomic E-state index is 12.4. The summed E-state index contributed by atoms with van der Waals surface area (Å²) in [4.78, 5) is 21.3. The molecule has 2 unspecified atom stereocenters. The summed E-state index contributed by atoms with van der Waals surface area (Å²) in [5.74, 6) is 2.62. The minimum absolute atomic E-state index is 0. The Hall–Kier alpha value is -2.37. The number of hydrogen-bond acceptors (Lipinski definition) is 5. The van der Waals surface area contributed by atoms with Crippen LogP contribution in [0.5, 0.6) is 0 Å². The fraction of sp³-hybridized carbons (Fsp3) is 0.565. The Balaban J connectivity index is 0.00000385. The van der Waals surface area contributed by atoms with Crippen molar-refractivity contribution in [3.05, 3.63) is 47.5 Å². The maximum atomic E-state index is 12.4. The number of hydrogen-bond donors (Lipinski definition) is 3. The molecule has 2 atom stereocenters. The summed E-state index contributed by atoms with van der Waals surface area (Å²) in [6.07, 6.45) is 2.23. The lowest BCUT2D eigenvalue weighted by molar-refractivity contribution is 0.0504. The maximum Gasteiger partial charge on any atom is 0.408 e. The molecule has 10 heteroatoms. The van der Waals surface area contributed by atoms with E-state index >= 15 is 0 Å². The number of fused-ring (bicyclic) bond motifs is 1. The highest BCUT2D eigenvalue weighted by molar-refractivity contribution is 14.0. The molecular weight excluding hydrogens is 533 g/mol. The van der Waals surface area contributed by atoms with Crippen LogP contribution in [-0.2, 0) is 24.1 Å². The van der Waals surface area contributed by atoms with Crippen molar-refractivity contribution in [1.29, 1.82) is 0 Å². The topological polar surface area (TPSA) is 105 Å². The molecular formula is C23H36IN7O2. The molecule has 3 rings (SSSR count). The van der Waals surface area contributed by atoms with E-state index in [9.17, 15) is 4.79 Å². The molecule has 1 aliphatic heterocycles. The standard InChI is InChI=1S/C23H35N7O2.HI/c1-6-19-28-20-13-12-17(15-30(20)29-19)26-21(24-5)25-14-18(16-10-8-7-9-11-16)27-22(31)32-23(2,3)4;/h7-11,17-18H,6,12-15H2,1-5H3,(H,27,31)(H2,24,25,26);1H. The molecule has 0 saturated carbocycles. The second-order valence-electron chi connectivity index (χ2n) is 8.92. The number of nitrogens with one attached hydrogen (secondary N) is 3. The molecule has 2 heterocycles. The zero-order chi connectivity index (χ0) is 23.1. The van der Waals surface area contributed by atoms with Crippen LogP contribution in [0.25, 0.3) is 0 Å². The zero-order valence-electron chi connectivity index (χ0n) is 20.1. The van der Waals surface area contributed by atoms with Crippen molar-refractivity contribution in [2.45, 2.75) is 71.2 Å². The predicted molar refractivity (Wildman–Crippen MR) is 140 cm³/mol. The number of carbonyl (C=O) groups is 1. The molecule has 0 bridgehead atoms. The van der Waals surface area contributed by atoms with Crippen molar-refractivity contribution in [2.75, 3.05) is 13.6 Å². The number of guanidine groups is 1. The lowest BCUT2D eigenvalue weighted by atomic mass is 10.1. The van der Waals surface area contributed by atoms with Gasteiger partial charge in [-0.1, -0.05) is 37.3 Å². The number of halogens is 1. The second-order valence-corrected chi connectivity index (χ2v) is 8.92. The van der Waals surface area contributed by atoms with Gasteiger partial charge in [-0.3, -0.25) is 4.99 Å². The normalized spacial score (nSPS) is 16.8. The molecule has 1 aromatic heterocycles. The number of nitrogens with zero attached hydrogens (tertiary/aromatic N) is 4. The third kappa shape index (κ3) is 8.17. The molecule has 182 valence electrons. The Kier molecular flexibility index (Phi) is 9.93. The third-order valence-electron chi connectivity index (χ3n) is 5.15. The number of aryl methyl sites for hydroxylation is 2. The van der Waals surface area contributed by atoms with Gasteiger partial charge >= 0.3 is 6.09 Å². The Morgan fingerprint density at radius 1 is 1.30 bits per heavy atom. The molecule has 0 spiro atoms. The lowest BCUT2D eigenvalue weighted by Gasteiger charge is -2.27. The molecule has 0 fully saturated rings. The van der Waals surface area contributed by atoms with Crippen LogP contribution in [0.2, 0.25) is 0 Å². The predicted octanol–water partition coefficient (Wildman–Crippen LogP) is 3.20. The molecule has 1 aromatic carbocycles. The van der Waals surface area contributed by atoms with E-state index in [0.717, 1.165) is 43.0 Å². The highest BCUT2D eigenvalue weighted by Gasteiger charge is 2.24. The summed E-state index contributed by atoms with van der Waals surface area (Å²) in [6, 6.07) is 9.76. The number of benzene rings is 1. The molecule has 1 amide bonds. The van der Waals surface area contributed by atoms with E-state index in [1.54, 1.807) is 7.05 Å². The number of carbonyl (C=O) groups excluding carboxylic acids is 1. The van der Waals surface area contributed by atoms with Gasteiger partial charge < -0.3 is 20.7 Å². The summed E-state index contributed by atoms with van der Waals surface area (Å²) in [7, 11) is 1.74. The van der Waals surface area contributed by atoms with Gasteiger partial charge in [0.1, 0.15) is 11.4 Å². The average molecular weight is 569 g/mol. The van der Waals surface area contributed by atoms with Crippen molar-refractivity contribution in [1.82, 2.24) is 30.7 Å². The van der Waals surface area contributed by atoms with E-state index < -0.39 is 11.7 Å². The van der Waals surface area contributed by atoms with Crippen molar-refractivity contribution in [3.8, 4) is 0 Å². The van der Waals surface area contributed by atoms with Gasteiger partial charge in [0.15, 0.2) is 11.8 Å². The molecule has 9 nitrogen and oxygen atoms in total. The van der Waals surface area contributed by atoms with Crippen LogP contribution < -0.4 is 16.0 Å². The van der Waals surface area contributed by atoms with E-state index in [1.807, 2.05) is 55.8 Å². The minimum atomic E-state index is -0.560. The number of alkyl carbamates (subject to hydrolysis) is 1. The Morgan fingerprint density at radius 3 is 2.67 bits per heavy atom. The Morgan fingerprint density at radius 2 is 2.03 bits per heavy atom. The minimum Gasteiger partial charge on any atom is -0.444 e. The largest absolute Gasteiger partial charge is 0.444 e. The van der Waals surface area contributed by atoms with Gasteiger partial charge in [0, 0.05) is 32.5 Å². The van der Waals surface area contributed by atoms with Gasteiger partial charge in [-0.05, 0) is 32.8 Å². The van der Waals surface area contributed by atoms with E-state index in [0.29, 0.717) is 12.5 Å². The smallest absolute Gasteiger partial charge is 0.408 e. The molecule has 2 aromatic rings. The van der Waals surface area contributed by atoms with E-state index in [4.69, 9.17) is 4.74 Å². The molecule has 0 radical (unpaired) electrons. The molecule has 3 N–H and O–H groups in total. The van der Waals surface area contributed by atoms with Crippen molar-refractivity contribution in [3.63, 3.8) is 0 Å². The third-order valence-corrected chi connectivity index (χ3v) is 5.15. The molecule has 0 aliphatic carbocycles. The second kappa shape index (κ2) is 12.2. The first-order chi connectivity index (χ1) is 15.3. The number of aliphatic imine (C=N–C) groups is 1. The summed E-state index contributed by atoms with van der Waals surface area (Å²) in [5.41, 5.74) is 0.424. The summed E-state index contributed by atoms with van der Waals surface area (Å²) in [6.45, 7) is 8.83. The first-order valence-corrected chi connectivity index (χ1v) is 11.2. The molecule has 0 saturated heterocycles. The summed E-state index contributed by atoms with van der Waals surface area (Å²) >= 11 is 0. The number of ether oxygens (including phenoxy) is 1. The van der Waals surface area contributed by atoms with Crippen LogP contribution in [-0.4, -0.2) is 52.1 Å². The first-order valence-electron chi connectivity index (χ1n) is 11.2. The van der Waals surface area contributed by atoms with Crippen LogP contribution in [0.4, 0.5) is 4.79 Å². The molecule has 1 aliphatic rings. The first kappa shape index (κ1) is 26.9. The van der Waals surface area contributed by atoms with Gasteiger partial charge in [0.05, 0.1) is 12.6 Å². The van der Waals surface area contributed by atoms with E-state index in [-0.39, 0.29) is 36.1 Å². The lowest BCUT2D eigenvalue weighted by Crippen LogP contribution is -2.49. The van der Waals surface area contributed by atoms with Gasteiger partial charge in [0.2, 0.25) is 0 Å². The quantitative estimate of drug-likeness (QED) is 0.281. The number of aromatic nitrogens is 3. The SMILES string of the molecule is CCc1nc2n(n1)CC(NC(=NC)NCC(NC(=O)OC(C)(C)C)c1ccccc1)CC2.I. The molecule has 33 heavy (non-hydrogen) atoms. The highest BCUT2D eigenvalue weighted by atomic mass is 127. The van der Waals surface area contributed by atoms with E-state index in [2.05, 4.69) is 37.9 Å². The Bertz CT molecular complexity index is 925. The van der Waals surface area contributed by atoms with Gasteiger partial charge in [-0.25, -0.2) is 14.5 Å².